The summed E-state index contributed by atoms with van der Waals surface area (Å²) >= 11 is 0. The van der Waals surface area contributed by atoms with Crippen LogP contribution in [0, 0.1) is 6.92 Å². The molecule has 1 aromatic carbocycles. The molecule has 0 atom stereocenters. The van der Waals surface area contributed by atoms with E-state index in [1.54, 1.807) is 10.6 Å². The Kier molecular flexibility index (Phi) is 4.41. The van der Waals surface area contributed by atoms with Gasteiger partial charge in [-0.1, -0.05) is 25.1 Å². The lowest BCUT2D eigenvalue weighted by Gasteiger charge is -2.10. The highest BCUT2D eigenvalue weighted by atomic mass is 16.1. The van der Waals surface area contributed by atoms with E-state index in [1.807, 2.05) is 50.4 Å². The molecule has 0 unspecified atom stereocenters. The number of aryl methyl sites for hydroxylation is 1. The van der Waals surface area contributed by atoms with Gasteiger partial charge in [-0.2, -0.15) is 0 Å². The highest BCUT2D eigenvalue weighted by Crippen LogP contribution is 2.15. The Bertz CT molecular complexity index is 683. The van der Waals surface area contributed by atoms with E-state index < -0.39 is 0 Å². The molecule has 0 spiro atoms. The summed E-state index contributed by atoms with van der Waals surface area (Å²) in [7, 11) is 0. The zero-order valence-corrected chi connectivity index (χ0v) is 12.2. The number of nitrogens with zero attached hydrogens (tertiary/aromatic N) is 1. The zero-order chi connectivity index (χ0) is 14.5. The summed E-state index contributed by atoms with van der Waals surface area (Å²) in [5.74, 6) is 0. The maximum Gasteiger partial charge on any atom is 0.255 e. The van der Waals surface area contributed by atoms with Crippen molar-refractivity contribution in [1.82, 2.24) is 4.57 Å². The molecule has 1 N–H and O–H groups in total. The minimum atomic E-state index is -0.0198. The second-order valence-electron chi connectivity index (χ2n) is 4.89. The third-order valence-corrected chi connectivity index (χ3v) is 3.04. The molecule has 0 bridgehead atoms. The topological polar surface area (TPSA) is 34.0 Å². The Morgan fingerprint density at radius 3 is 2.85 bits per heavy atom. The lowest BCUT2D eigenvalue weighted by atomic mass is 10.2. The van der Waals surface area contributed by atoms with Crippen molar-refractivity contribution in [3.8, 4) is 5.69 Å². The second kappa shape index (κ2) is 6.24. The third-order valence-electron chi connectivity index (χ3n) is 3.04. The first-order valence-electron chi connectivity index (χ1n) is 6.83. The van der Waals surface area contributed by atoms with Gasteiger partial charge in [-0.3, -0.25) is 9.36 Å². The molecule has 3 nitrogen and oxygen atoms in total. The lowest BCUT2D eigenvalue weighted by molar-refractivity contribution is 0.976. The molecule has 104 valence electrons. The van der Waals surface area contributed by atoms with Crippen molar-refractivity contribution >= 4 is 5.69 Å². The normalized spacial score (nSPS) is 11.4. The SMILES string of the molecule is CC/C=C(/C)Nc1cccc(-n2cc(C)ccc2=O)c1. The Labute approximate surface area is 119 Å². The van der Waals surface area contributed by atoms with Crippen LogP contribution >= 0.6 is 0 Å². The minimum Gasteiger partial charge on any atom is -0.359 e. The van der Waals surface area contributed by atoms with E-state index in [0.717, 1.165) is 29.1 Å². The number of aromatic nitrogens is 1. The first-order chi connectivity index (χ1) is 9.60. The number of rotatable bonds is 4. The van der Waals surface area contributed by atoms with Gasteiger partial charge in [0.25, 0.3) is 5.56 Å². The predicted octanol–water partition coefficient (Wildman–Crippen LogP) is 3.87. The lowest BCUT2D eigenvalue weighted by Crippen LogP contribution is -2.16. The van der Waals surface area contributed by atoms with Gasteiger partial charge in [0, 0.05) is 23.6 Å². The van der Waals surface area contributed by atoms with Crippen LogP contribution in [-0.4, -0.2) is 4.57 Å². The van der Waals surface area contributed by atoms with Gasteiger partial charge in [0.15, 0.2) is 0 Å². The van der Waals surface area contributed by atoms with Gasteiger partial charge >= 0.3 is 0 Å². The fourth-order valence-electron chi connectivity index (χ4n) is 2.11. The summed E-state index contributed by atoms with van der Waals surface area (Å²) in [6, 6.07) is 11.3. The number of nitrogens with one attached hydrogen (secondary N) is 1. The van der Waals surface area contributed by atoms with Crippen LogP contribution in [0.15, 0.2) is 59.2 Å². The molecule has 0 amide bonds. The van der Waals surface area contributed by atoms with Crippen LogP contribution in [0.2, 0.25) is 0 Å². The maximum atomic E-state index is 11.9. The molecule has 0 saturated carbocycles. The van der Waals surface area contributed by atoms with Gasteiger partial charge < -0.3 is 5.32 Å². The van der Waals surface area contributed by atoms with Crippen molar-refractivity contribution in [1.29, 1.82) is 0 Å². The van der Waals surface area contributed by atoms with E-state index >= 15 is 0 Å². The van der Waals surface area contributed by atoms with Crippen LogP contribution in [0.3, 0.4) is 0 Å². The Morgan fingerprint density at radius 1 is 1.30 bits per heavy atom. The van der Waals surface area contributed by atoms with Gasteiger partial charge in [-0.15, -0.1) is 0 Å². The Hall–Kier alpha value is -2.29. The van der Waals surface area contributed by atoms with E-state index in [9.17, 15) is 4.79 Å². The monoisotopic (exact) mass is 268 g/mol. The average Bonchev–Trinajstić information content (AvgIpc) is 2.42. The van der Waals surface area contributed by atoms with Crippen LogP contribution in [-0.2, 0) is 0 Å². The highest BCUT2D eigenvalue weighted by molar-refractivity contribution is 5.54. The summed E-state index contributed by atoms with van der Waals surface area (Å²) in [6.07, 6.45) is 4.98. The number of hydrogen-bond acceptors (Lipinski definition) is 2. The number of pyridine rings is 1. The molecular weight excluding hydrogens is 248 g/mol. The number of allylic oxidation sites excluding steroid dienone is 2. The maximum absolute atomic E-state index is 11.9. The molecule has 20 heavy (non-hydrogen) atoms. The van der Waals surface area contributed by atoms with Crippen molar-refractivity contribution in [3.05, 3.63) is 70.3 Å². The minimum absolute atomic E-state index is 0.0198. The van der Waals surface area contributed by atoms with Gasteiger partial charge in [0.1, 0.15) is 0 Å². The first kappa shape index (κ1) is 14.1. The molecule has 0 radical (unpaired) electrons. The van der Waals surface area contributed by atoms with Crippen LogP contribution in [0.1, 0.15) is 25.8 Å². The molecule has 2 rings (SSSR count). The molecule has 1 heterocycles. The average molecular weight is 268 g/mol. The van der Waals surface area contributed by atoms with E-state index in [0.29, 0.717) is 0 Å². The third kappa shape index (κ3) is 3.38. The van der Waals surface area contributed by atoms with Crippen molar-refractivity contribution in [2.24, 2.45) is 0 Å². The van der Waals surface area contributed by atoms with Crippen LogP contribution in [0.5, 0.6) is 0 Å². The first-order valence-corrected chi connectivity index (χ1v) is 6.83. The van der Waals surface area contributed by atoms with Gasteiger partial charge in [-0.25, -0.2) is 0 Å². The smallest absolute Gasteiger partial charge is 0.255 e. The van der Waals surface area contributed by atoms with E-state index in [1.165, 1.54) is 0 Å². The summed E-state index contributed by atoms with van der Waals surface area (Å²) in [5.41, 5.74) is 4.01. The van der Waals surface area contributed by atoms with Gasteiger partial charge in [0.05, 0.1) is 5.69 Å². The zero-order valence-electron chi connectivity index (χ0n) is 12.2. The van der Waals surface area contributed by atoms with Crippen molar-refractivity contribution in [3.63, 3.8) is 0 Å². The Balaban J connectivity index is 2.37. The number of hydrogen-bond donors (Lipinski definition) is 1. The van der Waals surface area contributed by atoms with Crippen molar-refractivity contribution in [2.75, 3.05) is 5.32 Å². The standard InChI is InChI=1S/C17H20N2O/c1-4-6-14(3)18-15-7-5-8-16(11-15)19-12-13(2)9-10-17(19)20/h5-12,18H,4H2,1-3H3/b14-6-. The summed E-state index contributed by atoms with van der Waals surface area (Å²) in [5, 5.41) is 3.33. The molecule has 0 fully saturated rings. The molecule has 0 aliphatic rings. The fourth-order valence-corrected chi connectivity index (χ4v) is 2.11. The van der Waals surface area contributed by atoms with Gasteiger partial charge in [0.2, 0.25) is 0 Å². The quantitative estimate of drug-likeness (QED) is 0.913. The predicted molar refractivity (Wildman–Crippen MR) is 84.4 cm³/mol. The summed E-state index contributed by atoms with van der Waals surface area (Å²) < 4.78 is 1.67. The molecule has 1 aromatic heterocycles. The van der Waals surface area contributed by atoms with Crippen molar-refractivity contribution < 1.29 is 0 Å². The van der Waals surface area contributed by atoms with Crippen LogP contribution < -0.4 is 10.9 Å². The van der Waals surface area contributed by atoms with Gasteiger partial charge in [-0.05, 0) is 44.0 Å². The van der Waals surface area contributed by atoms with E-state index in [4.69, 9.17) is 0 Å². The largest absolute Gasteiger partial charge is 0.359 e. The molecule has 0 saturated heterocycles. The van der Waals surface area contributed by atoms with Crippen molar-refractivity contribution in [2.45, 2.75) is 27.2 Å². The summed E-state index contributed by atoms with van der Waals surface area (Å²) in [6.45, 7) is 6.12. The molecule has 0 aliphatic heterocycles. The summed E-state index contributed by atoms with van der Waals surface area (Å²) in [4.78, 5) is 11.9. The fraction of sp³-hybridized carbons (Fsp3) is 0.235. The molecule has 0 aliphatic carbocycles. The number of anilines is 1. The molecule has 3 heteroatoms. The van der Waals surface area contributed by atoms with E-state index in [2.05, 4.69) is 18.3 Å². The van der Waals surface area contributed by atoms with E-state index in [-0.39, 0.29) is 5.56 Å². The number of benzene rings is 1. The molecular formula is C17H20N2O. The Morgan fingerprint density at radius 2 is 2.10 bits per heavy atom. The highest BCUT2D eigenvalue weighted by Gasteiger charge is 2.01. The van der Waals surface area contributed by atoms with Crippen LogP contribution in [0.4, 0.5) is 5.69 Å². The molecule has 2 aromatic rings. The second-order valence-corrected chi connectivity index (χ2v) is 4.89. The van der Waals surface area contributed by atoms with Crippen LogP contribution in [0.25, 0.3) is 5.69 Å².